The number of carbonyl (C=O) groups excluding carboxylic acids is 1. The third kappa shape index (κ3) is 3.54. The van der Waals surface area contributed by atoms with E-state index in [4.69, 9.17) is 4.74 Å². The van der Waals surface area contributed by atoms with Crippen LogP contribution in [-0.4, -0.2) is 53.0 Å². The fraction of sp³-hybridized carbons (Fsp3) is 0.529. The molecule has 0 saturated carbocycles. The van der Waals surface area contributed by atoms with Gasteiger partial charge in [-0.2, -0.15) is 0 Å². The topological polar surface area (TPSA) is 58.9 Å². The van der Waals surface area contributed by atoms with E-state index >= 15 is 0 Å². The third-order valence-corrected chi connectivity index (χ3v) is 4.14. The van der Waals surface area contributed by atoms with Crippen molar-refractivity contribution in [2.75, 3.05) is 32.8 Å². The lowest BCUT2D eigenvalue weighted by molar-refractivity contribution is 0.0517. The van der Waals surface area contributed by atoms with Gasteiger partial charge in [0.25, 0.3) is 0 Å². The zero-order valence-electron chi connectivity index (χ0n) is 13.8. The zero-order chi connectivity index (χ0) is 16.2. The molecule has 0 radical (unpaired) electrons. The van der Waals surface area contributed by atoms with E-state index in [-0.39, 0.29) is 5.97 Å². The van der Waals surface area contributed by atoms with Gasteiger partial charge in [-0.3, -0.25) is 4.90 Å². The number of aromatic nitrogens is 2. The molecule has 0 aliphatic carbocycles. The van der Waals surface area contributed by atoms with Gasteiger partial charge in [-0.15, -0.1) is 0 Å². The largest absolute Gasteiger partial charge is 0.461 e. The molecule has 3 heterocycles. The molecule has 0 aromatic carbocycles. The van der Waals surface area contributed by atoms with Crippen molar-refractivity contribution in [3.63, 3.8) is 0 Å². The first-order valence-corrected chi connectivity index (χ1v) is 8.27. The molecule has 23 heavy (non-hydrogen) atoms. The second kappa shape index (κ2) is 7.10. The molecule has 1 N–H and O–H groups in total. The minimum atomic E-state index is -0.336. The van der Waals surface area contributed by atoms with Gasteiger partial charge in [0.05, 0.1) is 12.3 Å². The van der Waals surface area contributed by atoms with Gasteiger partial charge in [-0.05, 0) is 45.0 Å². The number of nitrogens with one attached hydrogen (secondary N) is 1. The van der Waals surface area contributed by atoms with Gasteiger partial charge in [0.2, 0.25) is 0 Å². The van der Waals surface area contributed by atoms with E-state index in [0.29, 0.717) is 18.8 Å². The molecule has 1 aliphatic heterocycles. The summed E-state index contributed by atoms with van der Waals surface area (Å²) in [6, 6.07) is 3.96. The molecule has 2 aromatic heterocycles. The molecule has 0 spiro atoms. The number of esters is 1. The van der Waals surface area contributed by atoms with Crippen molar-refractivity contribution in [3.8, 4) is 0 Å². The molecule has 1 saturated heterocycles. The number of ether oxygens (including phenoxy) is 1. The van der Waals surface area contributed by atoms with Crippen molar-refractivity contribution < 1.29 is 9.53 Å². The van der Waals surface area contributed by atoms with Crippen LogP contribution in [0.1, 0.15) is 35.1 Å². The first-order chi connectivity index (χ1) is 11.2. The van der Waals surface area contributed by atoms with Crippen LogP contribution in [0.15, 0.2) is 18.3 Å². The predicted octanol–water partition coefficient (Wildman–Crippen LogP) is 1.61. The Morgan fingerprint density at radius 3 is 3.04 bits per heavy atom. The van der Waals surface area contributed by atoms with E-state index in [1.54, 1.807) is 0 Å². The maximum absolute atomic E-state index is 12.3. The molecular formula is C17H24N4O2. The fourth-order valence-corrected chi connectivity index (χ4v) is 2.99. The lowest BCUT2D eigenvalue weighted by Gasteiger charge is -2.19. The number of fused-ring (bicyclic) bond motifs is 1. The lowest BCUT2D eigenvalue weighted by Crippen LogP contribution is -2.29. The molecule has 6 heteroatoms. The fourth-order valence-electron chi connectivity index (χ4n) is 2.99. The van der Waals surface area contributed by atoms with Crippen LogP contribution in [0.3, 0.4) is 0 Å². The quantitative estimate of drug-likeness (QED) is 0.869. The van der Waals surface area contributed by atoms with E-state index in [1.807, 2.05) is 36.6 Å². The highest BCUT2D eigenvalue weighted by Crippen LogP contribution is 2.18. The Balaban J connectivity index is 1.98. The smallest absolute Gasteiger partial charge is 0.358 e. The second-order valence-electron chi connectivity index (χ2n) is 5.94. The van der Waals surface area contributed by atoms with Gasteiger partial charge in [-0.1, -0.05) is 6.07 Å². The van der Waals surface area contributed by atoms with Crippen LogP contribution in [0.25, 0.3) is 5.65 Å². The number of imidazole rings is 1. The Morgan fingerprint density at radius 2 is 2.22 bits per heavy atom. The highest BCUT2D eigenvalue weighted by Gasteiger charge is 2.22. The molecule has 0 amide bonds. The van der Waals surface area contributed by atoms with Crippen molar-refractivity contribution >= 4 is 11.6 Å². The zero-order valence-corrected chi connectivity index (χ0v) is 13.8. The van der Waals surface area contributed by atoms with Gasteiger partial charge in [0, 0.05) is 25.8 Å². The standard InChI is InChI=1S/C17H24N4O2/c1-3-23-17(22)16-14(12-20-9-4-7-18-8-10-20)21-11-13(2)5-6-15(21)19-16/h5-6,11,18H,3-4,7-10,12H2,1-2H3. The average Bonchev–Trinajstić information content (AvgIpc) is 2.71. The Kier molecular flexibility index (Phi) is 4.93. The Labute approximate surface area is 136 Å². The Morgan fingerprint density at radius 1 is 1.35 bits per heavy atom. The molecule has 124 valence electrons. The number of nitrogens with zero attached hydrogens (tertiary/aromatic N) is 3. The van der Waals surface area contributed by atoms with Crippen LogP contribution >= 0.6 is 0 Å². The van der Waals surface area contributed by atoms with Crippen LogP contribution in [0.2, 0.25) is 0 Å². The van der Waals surface area contributed by atoms with E-state index in [2.05, 4.69) is 15.2 Å². The van der Waals surface area contributed by atoms with E-state index in [0.717, 1.165) is 49.5 Å². The van der Waals surface area contributed by atoms with E-state index < -0.39 is 0 Å². The van der Waals surface area contributed by atoms with Crippen molar-refractivity contribution in [3.05, 3.63) is 35.3 Å². The first-order valence-electron chi connectivity index (χ1n) is 8.27. The van der Waals surface area contributed by atoms with Crippen LogP contribution in [-0.2, 0) is 11.3 Å². The van der Waals surface area contributed by atoms with E-state index in [1.165, 1.54) is 0 Å². The molecule has 2 aromatic rings. The van der Waals surface area contributed by atoms with Crippen molar-refractivity contribution in [2.24, 2.45) is 0 Å². The number of hydrogen-bond acceptors (Lipinski definition) is 5. The highest BCUT2D eigenvalue weighted by atomic mass is 16.5. The predicted molar refractivity (Wildman–Crippen MR) is 88.6 cm³/mol. The normalized spacial score (nSPS) is 16.4. The van der Waals surface area contributed by atoms with Gasteiger partial charge in [0.1, 0.15) is 5.65 Å². The number of aryl methyl sites for hydroxylation is 1. The molecule has 0 unspecified atom stereocenters. The van der Waals surface area contributed by atoms with E-state index in [9.17, 15) is 4.79 Å². The minimum Gasteiger partial charge on any atom is -0.461 e. The SMILES string of the molecule is CCOC(=O)c1nc2ccc(C)cn2c1CN1CCCNCC1. The molecule has 0 bridgehead atoms. The van der Waals surface area contributed by atoms with Crippen LogP contribution < -0.4 is 5.32 Å². The molecular weight excluding hydrogens is 292 g/mol. The maximum atomic E-state index is 12.3. The summed E-state index contributed by atoms with van der Waals surface area (Å²) in [5, 5.41) is 3.41. The maximum Gasteiger partial charge on any atom is 0.358 e. The molecule has 1 aliphatic rings. The van der Waals surface area contributed by atoms with Gasteiger partial charge >= 0.3 is 5.97 Å². The summed E-state index contributed by atoms with van der Waals surface area (Å²) in [5.74, 6) is -0.336. The highest BCUT2D eigenvalue weighted by molar-refractivity contribution is 5.89. The summed E-state index contributed by atoms with van der Waals surface area (Å²) in [4.78, 5) is 19.2. The summed E-state index contributed by atoms with van der Waals surface area (Å²) in [6.45, 7) is 8.95. The number of pyridine rings is 1. The van der Waals surface area contributed by atoms with Crippen LogP contribution in [0.5, 0.6) is 0 Å². The average molecular weight is 316 g/mol. The monoisotopic (exact) mass is 316 g/mol. The number of hydrogen-bond donors (Lipinski definition) is 1. The Hall–Kier alpha value is -1.92. The summed E-state index contributed by atoms with van der Waals surface area (Å²) in [5.41, 5.74) is 3.30. The van der Waals surface area contributed by atoms with Crippen LogP contribution in [0, 0.1) is 6.92 Å². The van der Waals surface area contributed by atoms with Gasteiger partial charge < -0.3 is 14.5 Å². The summed E-state index contributed by atoms with van der Waals surface area (Å²) in [7, 11) is 0. The molecule has 3 rings (SSSR count). The van der Waals surface area contributed by atoms with Crippen LogP contribution in [0.4, 0.5) is 0 Å². The lowest BCUT2D eigenvalue weighted by atomic mass is 10.2. The summed E-state index contributed by atoms with van der Waals surface area (Å²) >= 11 is 0. The Bertz CT molecular complexity index is 687. The minimum absolute atomic E-state index is 0.336. The summed E-state index contributed by atoms with van der Waals surface area (Å²) in [6.07, 6.45) is 3.15. The third-order valence-electron chi connectivity index (χ3n) is 4.14. The van der Waals surface area contributed by atoms with Crippen molar-refractivity contribution in [1.82, 2.24) is 19.6 Å². The first kappa shape index (κ1) is 16.0. The molecule has 0 atom stereocenters. The number of carbonyl (C=O) groups is 1. The molecule has 6 nitrogen and oxygen atoms in total. The van der Waals surface area contributed by atoms with Gasteiger partial charge in [0.15, 0.2) is 5.69 Å². The number of rotatable bonds is 4. The molecule has 1 fully saturated rings. The second-order valence-corrected chi connectivity index (χ2v) is 5.94. The van der Waals surface area contributed by atoms with Crippen molar-refractivity contribution in [2.45, 2.75) is 26.8 Å². The van der Waals surface area contributed by atoms with Gasteiger partial charge in [-0.25, -0.2) is 9.78 Å². The summed E-state index contributed by atoms with van der Waals surface area (Å²) < 4.78 is 7.22. The van der Waals surface area contributed by atoms with Crippen molar-refractivity contribution in [1.29, 1.82) is 0 Å².